The number of aliphatic hydroxyl groups excluding tert-OH is 1. The third-order valence-corrected chi connectivity index (χ3v) is 9.48. The minimum Gasteiger partial charge on any atom is -0.507 e. The summed E-state index contributed by atoms with van der Waals surface area (Å²) in [5.41, 5.74) is 1.51. The predicted octanol–water partition coefficient (Wildman–Crippen LogP) is 7.55. The van der Waals surface area contributed by atoms with Crippen molar-refractivity contribution >= 4 is 56.5 Å². The molecular weight excluding hydrogens is 614 g/mol. The van der Waals surface area contributed by atoms with Gasteiger partial charge in [0.2, 0.25) is 5.13 Å². The van der Waals surface area contributed by atoms with E-state index in [0.717, 1.165) is 28.8 Å². The van der Waals surface area contributed by atoms with E-state index < -0.39 is 29.3 Å². The first-order valence-electron chi connectivity index (χ1n) is 14.2. The largest absolute Gasteiger partial charge is 0.507 e. The maximum atomic E-state index is 14.6. The monoisotopic (exact) mass is 641 g/mol. The average molecular weight is 642 g/mol. The molecule has 2 heterocycles. The molecule has 0 unspecified atom stereocenters. The lowest BCUT2D eigenvalue weighted by Crippen LogP contribution is -2.29. The molecule has 1 fully saturated rings. The first kappa shape index (κ1) is 30.3. The Hall–Kier alpha value is -4.74. The van der Waals surface area contributed by atoms with Gasteiger partial charge in [-0.2, -0.15) is 0 Å². The molecular formula is C34H28FN3O5S2. The molecule has 0 spiro atoms. The fraction of sp³-hybridized carbons (Fsp3) is 0.176. The molecule has 45 heavy (non-hydrogen) atoms. The molecule has 1 saturated heterocycles. The molecule has 6 rings (SSSR count). The van der Waals surface area contributed by atoms with E-state index in [1.165, 1.54) is 47.2 Å². The summed E-state index contributed by atoms with van der Waals surface area (Å²) in [6.45, 7) is 2.53. The van der Waals surface area contributed by atoms with E-state index >= 15 is 0 Å². The summed E-state index contributed by atoms with van der Waals surface area (Å²) in [6, 6.07) is 24.0. The van der Waals surface area contributed by atoms with Gasteiger partial charge >= 0.3 is 5.91 Å². The van der Waals surface area contributed by atoms with Gasteiger partial charge in [0.1, 0.15) is 11.5 Å². The molecule has 11 heteroatoms. The molecule has 0 bridgehead atoms. The van der Waals surface area contributed by atoms with E-state index in [1.54, 1.807) is 24.3 Å². The minimum atomic E-state index is -1.04. The van der Waals surface area contributed by atoms with Crippen LogP contribution in [0.25, 0.3) is 16.5 Å². The second-order valence-corrected chi connectivity index (χ2v) is 12.4. The van der Waals surface area contributed by atoms with Crippen LogP contribution in [-0.2, 0) is 15.3 Å². The Labute approximate surface area is 267 Å². The van der Waals surface area contributed by atoms with Crippen LogP contribution in [0.1, 0.15) is 36.1 Å². The second-order valence-electron chi connectivity index (χ2n) is 10.2. The van der Waals surface area contributed by atoms with Gasteiger partial charge in [0.05, 0.1) is 25.3 Å². The van der Waals surface area contributed by atoms with Gasteiger partial charge in [-0.15, -0.1) is 10.2 Å². The van der Waals surface area contributed by atoms with E-state index in [0.29, 0.717) is 28.0 Å². The van der Waals surface area contributed by atoms with Crippen molar-refractivity contribution in [3.8, 4) is 11.5 Å². The van der Waals surface area contributed by atoms with Crippen molar-refractivity contribution in [2.75, 3.05) is 18.6 Å². The zero-order chi connectivity index (χ0) is 31.5. The quantitative estimate of drug-likeness (QED) is 0.0549. The van der Waals surface area contributed by atoms with Crippen LogP contribution >= 0.6 is 23.1 Å². The Morgan fingerprint density at radius 3 is 2.56 bits per heavy atom. The molecule has 0 aliphatic carbocycles. The average Bonchev–Trinajstić information content (AvgIpc) is 3.64. The van der Waals surface area contributed by atoms with E-state index in [4.69, 9.17) is 9.47 Å². The van der Waals surface area contributed by atoms with E-state index in [9.17, 15) is 19.1 Å². The number of thioether (sulfide) groups is 1. The lowest BCUT2D eigenvalue weighted by molar-refractivity contribution is -0.132. The van der Waals surface area contributed by atoms with Crippen molar-refractivity contribution in [2.24, 2.45) is 0 Å². The fourth-order valence-corrected chi connectivity index (χ4v) is 7.07. The first-order chi connectivity index (χ1) is 21.9. The van der Waals surface area contributed by atoms with Gasteiger partial charge in [-0.05, 0) is 58.7 Å². The van der Waals surface area contributed by atoms with Gasteiger partial charge < -0.3 is 14.6 Å². The minimum absolute atomic E-state index is 0.0198. The summed E-state index contributed by atoms with van der Waals surface area (Å²) in [4.78, 5) is 28.4. The Kier molecular flexibility index (Phi) is 8.81. The zero-order valence-corrected chi connectivity index (χ0v) is 26.0. The van der Waals surface area contributed by atoms with Crippen molar-refractivity contribution in [2.45, 2.75) is 29.5 Å². The van der Waals surface area contributed by atoms with Gasteiger partial charge in [0.25, 0.3) is 5.78 Å². The number of halogens is 1. The van der Waals surface area contributed by atoms with Crippen LogP contribution in [0.15, 0.2) is 94.8 Å². The zero-order valence-electron chi connectivity index (χ0n) is 24.4. The van der Waals surface area contributed by atoms with Crippen LogP contribution in [-0.4, -0.2) is 40.7 Å². The summed E-state index contributed by atoms with van der Waals surface area (Å²) in [5.74, 6) is -1.79. The highest BCUT2D eigenvalue weighted by molar-refractivity contribution is 8.00. The van der Waals surface area contributed by atoms with E-state index in [-0.39, 0.29) is 22.0 Å². The topological polar surface area (TPSA) is 102 Å². The van der Waals surface area contributed by atoms with Crippen LogP contribution in [0.5, 0.6) is 11.5 Å². The van der Waals surface area contributed by atoms with Crippen molar-refractivity contribution in [3.63, 3.8) is 0 Å². The number of nitrogens with zero attached hydrogens (tertiary/aromatic N) is 3. The van der Waals surface area contributed by atoms with Crippen LogP contribution in [0.4, 0.5) is 9.52 Å². The smallest absolute Gasteiger partial charge is 0.301 e. The summed E-state index contributed by atoms with van der Waals surface area (Å²) in [5, 5.41) is 22.5. The van der Waals surface area contributed by atoms with Crippen LogP contribution in [0, 0.1) is 5.82 Å². The fourth-order valence-electron chi connectivity index (χ4n) is 5.20. The number of ether oxygens (including phenoxy) is 2. The number of fused-ring (bicyclic) bond motifs is 1. The Bertz CT molecular complexity index is 1920. The number of amides is 1. The highest BCUT2D eigenvalue weighted by Gasteiger charge is 2.48. The van der Waals surface area contributed by atoms with Gasteiger partial charge in [0, 0.05) is 11.3 Å². The number of anilines is 1. The molecule has 1 atom stereocenters. The SMILES string of the molecule is CCCOc1ccc([C@H]2C(=C(O)c3ccc(OC)c(F)c3)C(=O)C(=O)N2c2nnc(SCc3cccc4ccccc34)s2)cc1. The van der Waals surface area contributed by atoms with Crippen LogP contribution in [0.3, 0.4) is 0 Å². The van der Waals surface area contributed by atoms with Crippen molar-refractivity contribution in [1.82, 2.24) is 10.2 Å². The summed E-state index contributed by atoms with van der Waals surface area (Å²) >= 11 is 2.65. The molecule has 1 amide bonds. The number of hydrogen-bond acceptors (Lipinski definition) is 9. The normalized spacial score (nSPS) is 16.0. The predicted molar refractivity (Wildman–Crippen MR) is 173 cm³/mol. The Balaban J connectivity index is 1.37. The molecule has 228 valence electrons. The van der Waals surface area contributed by atoms with E-state index in [2.05, 4.69) is 34.5 Å². The summed E-state index contributed by atoms with van der Waals surface area (Å²) < 4.78 is 25.9. The number of aromatic nitrogens is 2. The van der Waals surface area contributed by atoms with Crippen LogP contribution < -0.4 is 14.4 Å². The number of ketones is 1. The molecule has 1 aromatic heterocycles. The first-order valence-corrected chi connectivity index (χ1v) is 16.0. The van der Waals surface area contributed by atoms with Crippen LogP contribution in [0.2, 0.25) is 0 Å². The molecule has 1 aliphatic rings. The Morgan fingerprint density at radius 1 is 1.02 bits per heavy atom. The maximum absolute atomic E-state index is 14.6. The van der Waals surface area contributed by atoms with Gasteiger partial charge in [0.15, 0.2) is 15.9 Å². The molecule has 0 radical (unpaired) electrons. The number of carbonyl (C=O) groups is 2. The number of carbonyl (C=O) groups excluding carboxylic acids is 2. The molecule has 8 nitrogen and oxygen atoms in total. The van der Waals surface area contributed by atoms with Gasteiger partial charge in [-0.1, -0.05) is 84.6 Å². The third kappa shape index (κ3) is 6.01. The Morgan fingerprint density at radius 2 is 1.80 bits per heavy atom. The molecule has 0 saturated carbocycles. The number of hydrogen-bond donors (Lipinski definition) is 1. The van der Waals surface area contributed by atoms with E-state index in [1.807, 2.05) is 25.1 Å². The lowest BCUT2D eigenvalue weighted by Gasteiger charge is -2.22. The third-order valence-electron chi connectivity index (χ3n) is 7.37. The highest BCUT2D eigenvalue weighted by Crippen LogP contribution is 2.44. The summed E-state index contributed by atoms with van der Waals surface area (Å²) in [6.07, 6.45) is 0.832. The number of rotatable bonds is 10. The van der Waals surface area contributed by atoms with Gasteiger partial charge in [-0.25, -0.2) is 4.39 Å². The number of benzene rings is 4. The number of Topliss-reactive ketones (excluding diaryl/α,β-unsaturated/α-hetero) is 1. The molecule has 5 aromatic rings. The standard InChI is InChI=1S/C34H28FN3O5S2/c1-3-17-43-24-14-11-21(12-15-24)29-28(30(39)22-13-16-27(42-2)26(35)18-22)31(40)32(41)38(29)33-36-37-34(45-33)44-19-23-9-6-8-20-7-4-5-10-25(20)23/h4-16,18,29,39H,3,17,19H2,1-2H3/t29-/m0/s1. The van der Waals surface area contributed by atoms with Gasteiger partial charge in [-0.3, -0.25) is 14.5 Å². The maximum Gasteiger partial charge on any atom is 0.301 e. The molecule has 1 N–H and O–H groups in total. The molecule has 4 aromatic carbocycles. The number of methoxy groups -OCH3 is 1. The van der Waals surface area contributed by atoms with Crippen molar-refractivity contribution in [1.29, 1.82) is 0 Å². The highest BCUT2D eigenvalue weighted by atomic mass is 32.2. The summed E-state index contributed by atoms with van der Waals surface area (Å²) in [7, 11) is 1.33. The van der Waals surface area contributed by atoms with Crippen molar-refractivity contribution < 1.29 is 28.6 Å². The second kappa shape index (κ2) is 13.1. The van der Waals surface area contributed by atoms with Crippen molar-refractivity contribution in [3.05, 3.63) is 113 Å². The number of aliphatic hydroxyl groups is 1. The lowest BCUT2D eigenvalue weighted by atomic mass is 9.95. The molecule has 1 aliphatic heterocycles.